The fourth-order valence-corrected chi connectivity index (χ4v) is 2.95. The first kappa shape index (κ1) is 14.7. The van der Waals surface area contributed by atoms with Gasteiger partial charge in [-0.2, -0.15) is 5.10 Å². The third-order valence-electron chi connectivity index (χ3n) is 2.80. The number of thiazole rings is 1. The van der Waals surface area contributed by atoms with E-state index in [1.807, 2.05) is 29.6 Å². The summed E-state index contributed by atoms with van der Waals surface area (Å²) in [5.41, 5.74) is 4.65. The van der Waals surface area contributed by atoms with E-state index in [-0.39, 0.29) is 5.91 Å². The standard InChI is InChI=1S/C15H11BrN4OS/c16-11-4-1-3-10(7-11)15-19-12(9-22-15)8-18-20-14(21)13-5-2-6-17-13/h1-9,17H,(H,20,21)/b18-8-. The van der Waals surface area contributed by atoms with Crippen LogP contribution in [-0.2, 0) is 0 Å². The van der Waals surface area contributed by atoms with Crippen LogP contribution in [0.2, 0.25) is 0 Å². The largest absolute Gasteiger partial charge is 0.357 e. The smallest absolute Gasteiger partial charge is 0.287 e. The molecular formula is C15H11BrN4OS. The Morgan fingerprint density at radius 3 is 3.05 bits per heavy atom. The number of amides is 1. The van der Waals surface area contributed by atoms with Crippen LogP contribution >= 0.6 is 27.3 Å². The van der Waals surface area contributed by atoms with Crippen LogP contribution in [0.25, 0.3) is 10.6 Å². The lowest BCUT2D eigenvalue weighted by molar-refractivity contribution is 0.0951. The van der Waals surface area contributed by atoms with Gasteiger partial charge in [0.2, 0.25) is 0 Å². The second kappa shape index (κ2) is 6.67. The van der Waals surface area contributed by atoms with Crippen LogP contribution in [0.3, 0.4) is 0 Å². The van der Waals surface area contributed by atoms with Crippen molar-refractivity contribution in [3.8, 4) is 10.6 Å². The highest BCUT2D eigenvalue weighted by Crippen LogP contribution is 2.25. The van der Waals surface area contributed by atoms with E-state index in [1.165, 1.54) is 17.6 Å². The van der Waals surface area contributed by atoms with Crippen LogP contribution in [0.15, 0.2) is 57.5 Å². The predicted molar refractivity (Wildman–Crippen MR) is 91.1 cm³/mol. The van der Waals surface area contributed by atoms with Gasteiger partial charge in [0, 0.05) is 21.6 Å². The second-order valence-electron chi connectivity index (χ2n) is 4.37. The van der Waals surface area contributed by atoms with Crippen molar-refractivity contribution >= 4 is 39.4 Å². The van der Waals surface area contributed by atoms with Crippen LogP contribution in [-0.4, -0.2) is 22.1 Å². The third-order valence-corrected chi connectivity index (χ3v) is 4.20. The van der Waals surface area contributed by atoms with E-state index in [0.717, 1.165) is 15.0 Å². The Bertz CT molecular complexity index is 811. The minimum Gasteiger partial charge on any atom is -0.357 e. The lowest BCUT2D eigenvalue weighted by atomic mass is 10.2. The number of benzene rings is 1. The van der Waals surface area contributed by atoms with Gasteiger partial charge in [0.05, 0.1) is 11.9 Å². The van der Waals surface area contributed by atoms with E-state index in [2.05, 4.69) is 36.4 Å². The number of nitrogens with one attached hydrogen (secondary N) is 2. The number of halogens is 1. The Morgan fingerprint density at radius 2 is 2.27 bits per heavy atom. The number of hydrazone groups is 1. The number of hydrogen-bond acceptors (Lipinski definition) is 4. The number of carbonyl (C=O) groups excluding carboxylic acids is 1. The number of nitrogens with zero attached hydrogens (tertiary/aromatic N) is 2. The molecular weight excluding hydrogens is 364 g/mol. The molecule has 0 aliphatic carbocycles. The van der Waals surface area contributed by atoms with Gasteiger partial charge in [0.15, 0.2) is 0 Å². The zero-order valence-corrected chi connectivity index (χ0v) is 13.7. The van der Waals surface area contributed by atoms with Gasteiger partial charge >= 0.3 is 0 Å². The van der Waals surface area contributed by atoms with Gasteiger partial charge in [-0.25, -0.2) is 10.4 Å². The zero-order chi connectivity index (χ0) is 15.4. The van der Waals surface area contributed by atoms with Crippen molar-refractivity contribution in [1.82, 2.24) is 15.4 Å². The zero-order valence-electron chi connectivity index (χ0n) is 11.3. The summed E-state index contributed by atoms with van der Waals surface area (Å²) in [5, 5.41) is 6.70. The molecule has 22 heavy (non-hydrogen) atoms. The average molecular weight is 375 g/mol. The van der Waals surface area contributed by atoms with Crippen molar-refractivity contribution in [3.63, 3.8) is 0 Å². The summed E-state index contributed by atoms with van der Waals surface area (Å²) in [6.45, 7) is 0. The van der Waals surface area contributed by atoms with E-state index in [4.69, 9.17) is 0 Å². The summed E-state index contributed by atoms with van der Waals surface area (Å²) in [6, 6.07) is 11.4. The number of aromatic nitrogens is 2. The fourth-order valence-electron chi connectivity index (χ4n) is 1.79. The Labute approximate surface area is 139 Å². The van der Waals surface area contributed by atoms with Crippen molar-refractivity contribution in [3.05, 3.63) is 63.8 Å². The first-order valence-corrected chi connectivity index (χ1v) is 8.08. The second-order valence-corrected chi connectivity index (χ2v) is 6.14. The number of carbonyl (C=O) groups is 1. The molecule has 0 unspecified atom stereocenters. The van der Waals surface area contributed by atoms with E-state index < -0.39 is 0 Å². The quantitative estimate of drug-likeness (QED) is 0.540. The molecule has 3 aromatic rings. The molecule has 7 heteroatoms. The Hall–Kier alpha value is -2.25. The van der Waals surface area contributed by atoms with E-state index >= 15 is 0 Å². The van der Waals surface area contributed by atoms with Crippen molar-refractivity contribution in [2.75, 3.05) is 0 Å². The molecule has 0 aliphatic heterocycles. The molecule has 0 saturated heterocycles. The SMILES string of the molecule is O=C(N/N=C\c1csc(-c2cccc(Br)c2)n1)c1ccc[nH]1. The maximum atomic E-state index is 11.7. The van der Waals surface area contributed by atoms with Crippen molar-refractivity contribution in [2.45, 2.75) is 0 Å². The summed E-state index contributed by atoms with van der Waals surface area (Å²) in [5.74, 6) is -0.288. The average Bonchev–Trinajstić information content (AvgIpc) is 3.19. The Morgan fingerprint density at radius 1 is 1.36 bits per heavy atom. The van der Waals surface area contributed by atoms with Gasteiger partial charge < -0.3 is 4.98 Å². The molecule has 0 bridgehead atoms. The van der Waals surface area contributed by atoms with Crippen molar-refractivity contribution in [1.29, 1.82) is 0 Å². The number of rotatable bonds is 4. The van der Waals surface area contributed by atoms with Gasteiger partial charge in [-0.05, 0) is 24.3 Å². The van der Waals surface area contributed by atoms with Crippen LogP contribution in [0.4, 0.5) is 0 Å². The summed E-state index contributed by atoms with van der Waals surface area (Å²) in [4.78, 5) is 19.0. The molecule has 0 saturated carbocycles. The molecule has 0 spiro atoms. The Balaban J connectivity index is 1.67. The minimum atomic E-state index is -0.288. The number of H-pyrrole nitrogens is 1. The summed E-state index contributed by atoms with van der Waals surface area (Å²) >= 11 is 4.97. The van der Waals surface area contributed by atoms with E-state index in [1.54, 1.807) is 18.3 Å². The highest BCUT2D eigenvalue weighted by Gasteiger charge is 2.05. The van der Waals surface area contributed by atoms with Crippen molar-refractivity contribution in [2.24, 2.45) is 5.10 Å². The Kier molecular flexibility index (Phi) is 4.45. The maximum absolute atomic E-state index is 11.7. The minimum absolute atomic E-state index is 0.288. The molecule has 2 heterocycles. The van der Waals surface area contributed by atoms with Gasteiger partial charge in [-0.3, -0.25) is 4.79 Å². The summed E-state index contributed by atoms with van der Waals surface area (Å²) < 4.78 is 1.01. The lowest BCUT2D eigenvalue weighted by Gasteiger charge is -1.96. The molecule has 0 radical (unpaired) electrons. The van der Waals surface area contributed by atoms with Crippen LogP contribution in [0.5, 0.6) is 0 Å². The molecule has 2 aromatic heterocycles. The van der Waals surface area contributed by atoms with Gasteiger partial charge in [0.1, 0.15) is 10.7 Å². The van der Waals surface area contributed by atoms with Crippen LogP contribution in [0, 0.1) is 0 Å². The molecule has 1 amide bonds. The molecule has 0 fully saturated rings. The first-order chi connectivity index (χ1) is 10.7. The van der Waals surface area contributed by atoms with Gasteiger partial charge in [0.25, 0.3) is 5.91 Å². The van der Waals surface area contributed by atoms with E-state index in [9.17, 15) is 4.79 Å². The van der Waals surface area contributed by atoms with Gasteiger partial charge in [-0.1, -0.05) is 28.1 Å². The predicted octanol–water partition coefficient (Wildman–Crippen LogP) is 3.66. The maximum Gasteiger partial charge on any atom is 0.287 e. The first-order valence-electron chi connectivity index (χ1n) is 6.40. The fraction of sp³-hybridized carbons (Fsp3) is 0. The van der Waals surface area contributed by atoms with Crippen molar-refractivity contribution < 1.29 is 4.79 Å². The monoisotopic (exact) mass is 374 g/mol. The molecule has 0 aliphatic rings. The number of aromatic amines is 1. The van der Waals surface area contributed by atoms with Crippen LogP contribution in [0.1, 0.15) is 16.2 Å². The topological polar surface area (TPSA) is 70.1 Å². The molecule has 3 rings (SSSR count). The third kappa shape index (κ3) is 3.49. The highest BCUT2D eigenvalue weighted by atomic mass is 79.9. The molecule has 1 aromatic carbocycles. The molecule has 110 valence electrons. The number of hydrogen-bond donors (Lipinski definition) is 2. The summed E-state index contributed by atoms with van der Waals surface area (Å²) in [6.07, 6.45) is 3.21. The lowest BCUT2D eigenvalue weighted by Crippen LogP contribution is -2.17. The molecule has 2 N–H and O–H groups in total. The molecule has 0 atom stereocenters. The van der Waals surface area contributed by atoms with Gasteiger partial charge in [-0.15, -0.1) is 11.3 Å². The summed E-state index contributed by atoms with van der Waals surface area (Å²) in [7, 11) is 0. The van der Waals surface area contributed by atoms with Crippen LogP contribution < -0.4 is 5.43 Å². The molecule has 5 nitrogen and oxygen atoms in total. The highest BCUT2D eigenvalue weighted by molar-refractivity contribution is 9.10. The van der Waals surface area contributed by atoms with E-state index in [0.29, 0.717) is 11.4 Å². The normalized spacial score (nSPS) is 11.0.